The predicted molar refractivity (Wildman–Crippen MR) is 56.5 cm³/mol. The molecule has 0 atom stereocenters. The summed E-state index contributed by atoms with van der Waals surface area (Å²) in [7, 11) is 0. The van der Waals surface area contributed by atoms with Crippen molar-refractivity contribution in [3.8, 4) is 5.75 Å². The molecule has 0 amide bonds. The molecule has 0 fully saturated rings. The highest BCUT2D eigenvalue weighted by Gasteiger charge is 2.01. The zero-order chi connectivity index (χ0) is 9.97. The fourth-order valence-corrected chi connectivity index (χ4v) is 1.40. The number of amidine groups is 1. The fourth-order valence-electron chi connectivity index (χ4n) is 1.40. The Morgan fingerprint density at radius 1 is 1.07 bits per heavy atom. The Balaban J connectivity index is 2.59. The molecule has 70 valence electrons. The highest BCUT2D eigenvalue weighted by molar-refractivity contribution is 5.90. The van der Waals surface area contributed by atoms with Gasteiger partial charge in [0.1, 0.15) is 5.75 Å². The van der Waals surface area contributed by atoms with Gasteiger partial charge < -0.3 is 10.5 Å². The quantitative estimate of drug-likeness (QED) is 0.529. The summed E-state index contributed by atoms with van der Waals surface area (Å²) < 4.78 is 5.09. The lowest BCUT2D eigenvalue weighted by Crippen LogP contribution is -2.17. The number of ether oxygens (including phenoxy) is 1. The molecule has 0 aliphatic heterocycles. The molecule has 3 nitrogen and oxygen atoms in total. The van der Waals surface area contributed by atoms with Crippen molar-refractivity contribution >= 4 is 16.8 Å². The molecule has 0 aliphatic carbocycles. The van der Waals surface area contributed by atoms with Crippen LogP contribution in [-0.2, 0) is 0 Å². The van der Waals surface area contributed by atoms with Crippen molar-refractivity contribution in [3.63, 3.8) is 0 Å². The minimum Gasteiger partial charge on any atom is -0.426 e. The molecule has 3 N–H and O–H groups in total. The van der Waals surface area contributed by atoms with Gasteiger partial charge >= 0.3 is 0 Å². The molecule has 0 saturated heterocycles. The van der Waals surface area contributed by atoms with Crippen molar-refractivity contribution < 1.29 is 4.74 Å². The Kier molecular flexibility index (Phi) is 2.07. The first-order chi connectivity index (χ1) is 6.77. The molecule has 3 heteroatoms. The van der Waals surface area contributed by atoms with Crippen molar-refractivity contribution in [2.45, 2.75) is 0 Å². The van der Waals surface area contributed by atoms with E-state index in [1.165, 1.54) is 0 Å². The molecule has 0 heterocycles. The van der Waals surface area contributed by atoms with E-state index in [0.717, 1.165) is 10.8 Å². The van der Waals surface area contributed by atoms with Crippen molar-refractivity contribution in [3.05, 3.63) is 42.5 Å². The summed E-state index contributed by atoms with van der Waals surface area (Å²) in [5.74, 6) is 0.621. The molecule has 2 aromatic carbocycles. The molecule has 0 aliphatic rings. The molecule has 0 spiro atoms. The van der Waals surface area contributed by atoms with E-state index in [9.17, 15) is 0 Å². The maximum absolute atomic E-state index is 7.06. The first-order valence-corrected chi connectivity index (χ1v) is 4.27. The highest BCUT2D eigenvalue weighted by atomic mass is 16.5. The summed E-state index contributed by atoms with van der Waals surface area (Å²) in [5.41, 5.74) is 5.18. The van der Waals surface area contributed by atoms with Crippen LogP contribution in [0.3, 0.4) is 0 Å². The van der Waals surface area contributed by atoms with E-state index in [1.807, 2.05) is 36.4 Å². The third kappa shape index (κ3) is 1.52. The average Bonchev–Trinajstić information content (AvgIpc) is 2.18. The maximum atomic E-state index is 7.06. The molecule has 2 aromatic rings. The number of nitrogens with two attached hydrogens (primary N) is 1. The van der Waals surface area contributed by atoms with E-state index >= 15 is 0 Å². The Bertz CT molecular complexity index is 474. The molecule has 0 saturated carbocycles. The topological polar surface area (TPSA) is 59.1 Å². The third-order valence-electron chi connectivity index (χ3n) is 1.97. The number of hydrogen-bond acceptors (Lipinski definition) is 2. The van der Waals surface area contributed by atoms with Gasteiger partial charge in [-0.2, -0.15) is 0 Å². The van der Waals surface area contributed by atoms with Gasteiger partial charge in [-0.15, -0.1) is 0 Å². The van der Waals surface area contributed by atoms with Gasteiger partial charge in [0, 0.05) is 5.39 Å². The van der Waals surface area contributed by atoms with Crippen LogP contribution in [0.15, 0.2) is 42.5 Å². The summed E-state index contributed by atoms with van der Waals surface area (Å²) >= 11 is 0. The van der Waals surface area contributed by atoms with Gasteiger partial charge in [-0.1, -0.05) is 36.4 Å². The summed E-state index contributed by atoms with van der Waals surface area (Å²) in [4.78, 5) is 0. The number of hydrogen-bond donors (Lipinski definition) is 2. The molecule has 0 unspecified atom stereocenters. The van der Waals surface area contributed by atoms with E-state index in [-0.39, 0.29) is 6.02 Å². The molecule has 14 heavy (non-hydrogen) atoms. The Morgan fingerprint density at radius 3 is 2.57 bits per heavy atom. The van der Waals surface area contributed by atoms with Crippen LogP contribution in [0.5, 0.6) is 5.75 Å². The molecular formula is C11H10N2O. The second-order valence-corrected chi connectivity index (χ2v) is 2.94. The van der Waals surface area contributed by atoms with Crippen LogP contribution in [-0.4, -0.2) is 6.02 Å². The van der Waals surface area contributed by atoms with E-state index in [0.29, 0.717) is 5.75 Å². The molecule has 0 bridgehead atoms. The standard InChI is InChI=1S/C11H10N2O/c12-11(13)14-10-7-3-5-8-4-1-2-6-9(8)10/h1-7H,(H3,12,13). The minimum atomic E-state index is -0.290. The van der Waals surface area contributed by atoms with Gasteiger partial charge in [-0.25, -0.2) is 0 Å². The van der Waals surface area contributed by atoms with Gasteiger partial charge in [0.25, 0.3) is 6.02 Å². The van der Waals surface area contributed by atoms with E-state index < -0.39 is 0 Å². The zero-order valence-corrected chi connectivity index (χ0v) is 7.53. The lowest BCUT2D eigenvalue weighted by atomic mass is 10.1. The summed E-state index contributed by atoms with van der Waals surface area (Å²) in [5, 5.41) is 9.10. The van der Waals surface area contributed by atoms with E-state index in [4.69, 9.17) is 15.9 Å². The molecule has 0 radical (unpaired) electrons. The second-order valence-electron chi connectivity index (χ2n) is 2.94. The first-order valence-electron chi connectivity index (χ1n) is 4.27. The van der Waals surface area contributed by atoms with Crippen molar-refractivity contribution in [2.24, 2.45) is 5.73 Å². The van der Waals surface area contributed by atoms with Crippen LogP contribution in [0.1, 0.15) is 0 Å². The summed E-state index contributed by atoms with van der Waals surface area (Å²) in [6.07, 6.45) is 0. The van der Waals surface area contributed by atoms with Crippen molar-refractivity contribution in [1.82, 2.24) is 0 Å². The Hall–Kier alpha value is -2.03. The Morgan fingerprint density at radius 2 is 1.79 bits per heavy atom. The maximum Gasteiger partial charge on any atom is 0.284 e. The normalized spacial score (nSPS) is 10.0. The Labute approximate surface area is 81.6 Å². The van der Waals surface area contributed by atoms with Gasteiger partial charge in [0.2, 0.25) is 0 Å². The number of benzene rings is 2. The van der Waals surface area contributed by atoms with Gasteiger partial charge in [-0.3, -0.25) is 5.41 Å². The second kappa shape index (κ2) is 3.38. The predicted octanol–water partition coefficient (Wildman–Crippen LogP) is 2.11. The third-order valence-corrected chi connectivity index (χ3v) is 1.97. The monoisotopic (exact) mass is 186 g/mol. The van der Waals surface area contributed by atoms with Gasteiger partial charge in [-0.05, 0) is 11.5 Å². The summed E-state index contributed by atoms with van der Waals surface area (Å²) in [6, 6.07) is 13.2. The largest absolute Gasteiger partial charge is 0.426 e. The lowest BCUT2D eigenvalue weighted by Gasteiger charge is -2.05. The van der Waals surface area contributed by atoms with Gasteiger partial charge in [0.05, 0.1) is 0 Å². The summed E-state index contributed by atoms with van der Waals surface area (Å²) in [6.45, 7) is 0. The van der Waals surface area contributed by atoms with Crippen molar-refractivity contribution in [2.75, 3.05) is 0 Å². The minimum absolute atomic E-state index is 0.290. The number of fused-ring (bicyclic) bond motifs is 1. The highest BCUT2D eigenvalue weighted by Crippen LogP contribution is 2.24. The molecule has 0 aromatic heterocycles. The fraction of sp³-hybridized carbons (Fsp3) is 0. The first kappa shape index (κ1) is 8.56. The van der Waals surface area contributed by atoms with Crippen LogP contribution < -0.4 is 10.5 Å². The van der Waals surface area contributed by atoms with Crippen LogP contribution >= 0.6 is 0 Å². The number of nitrogens with one attached hydrogen (secondary N) is 1. The van der Waals surface area contributed by atoms with Crippen LogP contribution in [0.25, 0.3) is 10.8 Å². The molecular weight excluding hydrogens is 176 g/mol. The van der Waals surface area contributed by atoms with Crippen LogP contribution in [0, 0.1) is 5.41 Å². The lowest BCUT2D eigenvalue weighted by molar-refractivity contribution is 0.543. The SMILES string of the molecule is N=C(N)Oc1cccc2ccccc12. The molecule has 2 rings (SSSR count). The van der Waals surface area contributed by atoms with Crippen LogP contribution in [0.2, 0.25) is 0 Å². The van der Waals surface area contributed by atoms with E-state index in [1.54, 1.807) is 6.07 Å². The van der Waals surface area contributed by atoms with Gasteiger partial charge in [0.15, 0.2) is 0 Å². The van der Waals surface area contributed by atoms with Crippen molar-refractivity contribution in [1.29, 1.82) is 5.41 Å². The zero-order valence-electron chi connectivity index (χ0n) is 7.53. The number of rotatable bonds is 1. The average molecular weight is 186 g/mol. The van der Waals surface area contributed by atoms with E-state index in [2.05, 4.69) is 0 Å². The smallest absolute Gasteiger partial charge is 0.284 e. The van der Waals surface area contributed by atoms with Crippen LogP contribution in [0.4, 0.5) is 0 Å².